The minimum Gasteiger partial charge on any atom is -0.477 e. The third-order valence-electron chi connectivity index (χ3n) is 2.62. The summed E-state index contributed by atoms with van der Waals surface area (Å²) in [7, 11) is 1.43. The number of nitrogens with zero attached hydrogens (tertiary/aromatic N) is 2. The van der Waals surface area contributed by atoms with Gasteiger partial charge in [0.15, 0.2) is 0 Å². The summed E-state index contributed by atoms with van der Waals surface area (Å²) >= 11 is 1.36. The first kappa shape index (κ1) is 13.3. The van der Waals surface area contributed by atoms with Crippen molar-refractivity contribution in [3.63, 3.8) is 0 Å². The van der Waals surface area contributed by atoms with Crippen LogP contribution in [0.15, 0.2) is 22.2 Å². The van der Waals surface area contributed by atoms with Crippen LogP contribution in [0.3, 0.4) is 0 Å². The smallest absolute Gasteiger partial charge is 0.341 e. The van der Waals surface area contributed by atoms with Gasteiger partial charge >= 0.3 is 5.97 Å². The second kappa shape index (κ2) is 5.23. The molecule has 2 heterocycles. The SMILES string of the molecule is CCn1cc(C(=O)O)c(=O)c2cc(C=NOC)sc21. The van der Waals surface area contributed by atoms with Gasteiger partial charge < -0.3 is 14.5 Å². The van der Waals surface area contributed by atoms with Gasteiger partial charge in [-0.25, -0.2) is 4.79 Å². The molecule has 0 amide bonds. The summed E-state index contributed by atoms with van der Waals surface area (Å²) in [5.74, 6) is -1.22. The molecule has 0 fully saturated rings. The highest BCUT2D eigenvalue weighted by Gasteiger charge is 2.16. The van der Waals surface area contributed by atoms with E-state index in [-0.39, 0.29) is 5.56 Å². The van der Waals surface area contributed by atoms with E-state index in [0.717, 1.165) is 9.71 Å². The van der Waals surface area contributed by atoms with Crippen LogP contribution in [0.5, 0.6) is 0 Å². The maximum atomic E-state index is 12.1. The topological polar surface area (TPSA) is 80.9 Å². The summed E-state index contributed by atoms with van der Waals surface area (Å²) in [5.41, 5.74) is -0.692. The van der Waals surface area contributed by atoms with Crippen molar-refractivity contribution < 1.29 is 14.7 Å². The van der Waals surface area contributed by atoms with Gasteiger partial charge in [-0.05, 0) is 13.0 Å². The molecule has 2 aromatic heterocycles. The van der Waals surface area contributed by atoms with Crippen molar-refractivity contribution in [2.45, 2.75) is 13.5 Å². The molecule has 0 atom stereocenters. The van der Waals surface area contributed by atoms with Crippen molar-refractivity contribution in [1.82, 2.24) is 4.57 Å². The molecule has 7 heteroatoms. The van der Waals surface area contributed by atoms with Gasteiger partial charge in [-0.1, -0.05) is 5.16 Å². The molecule has 0 unspecified atom stereocenters. The summed E-state index contributed by atoms with van der Waals surface area (Å²) in [6.07, 6.45) is 2.87. The lowest BCUT2D eigenvalue weighted by atomic mass is 10.2. The standard InChI is InChI=1S/C12H12N2O4S/c1-3-14-6-9(12(16)17)10(15)8-4-7(5-13-18-2)19-11(8)14/h4-6H,3H2,1-2H3,(H,16,17). The Labute approximate surface area is 112 Å². The first-order chi connectivity index (χ1) is 9.08. The Balaban J connectivity index is 2.75. The Kier molecular flexibility index (Phi) is 3.66. The van der Waals surface area contributed by atoms with Crippen molar-refractivity contribution in [2.24, 2.45) is 5.16 Å². The van der Waals surface area contributed by atoms with Gasteiger partial charge in [0.25, 0.3) is 0 Å². The number of fused-ring (bicyclic) bond motifs is 1. The molecule has 6 nitrogen and oxygen atoms in total. The number of carboxylic acids is 1. The summed E-state index contributed by atoms with van der Waals surface area (Å²) in [6, 6.07) is 1.63. The van der Waals surface area contributed by atoms with Crippen LogP contribution in [0.4, 0.5) is 0 Å². The quantitative estimate of drug-likeness (QED) is 0.683. The Hall–Kier alpha value is -2.15. The highest BCUT2D eigenvalue weighted by molar-refractivity contribution is 7.20. The largest absolute Gasteiger partial charge is 0.477 e. The monoisotopic (exact) mass is 280 g/mol. The minimum atomic E-state index is -1.22. The van der Waals surface area contributed by atoms with E-state index < -0.39 is 11.4 Å². The second-order valence-corrected chi connectivity index (χ2v) is 4.81. The normalized spacial score (nSPS) is 11.3. The van der Waals surface area contributed by atoms with Crippen LogP contribution in [-0.4, -0.2) is 29.0 Å². The van der Waals surface area contributed by atoms with Crippen LogP contribution < -0.4 is 5.43 Å². The lowest BCUT2D eigenvalue weighted by Crippen LogP contribution is -2.17. The van der Waals surface area contributed by atoms with E-state index in [1.165, 1.54) is 30.9 Å². The van der Waals surface area contributed by atoms with Crippen molar-refractivity contribution in [1.29, 1.82) is 0 Å². The third-order valence-corrected chi connectivity index (χ3v) is 3.73. The third kappa shape index (κ3) is 2.37. The van der Waals surface area contributed by atoms with E-state index in [4.69, 9.17) is 5.11 Å². The predicted molar refractivity (Wildman–Crippen MR) is 73.3 cm³/mol. The van der Waals surface area contributed by atoms with E-state index >= 15 is 0 Å². The van der Waals surface area contributed by atoms with Crippen LogP contribution in [0.25, 0.3) is 10.2 Å². The molecular formula is C12H12N2O4S. The molecule has 0 radical (unpaired) electrons. The summed E-state index contributed by atoms with van der Waals surface area (Å²) in [5, 5.41) is 13.1. The van der Waals surface area contributed by atoms with Crippen LogP contribution >= 0.6 is 11.3 Å². The van der Waals surface area contributed by atoms with Crippen LogP contribution in [0.1, 0.15) is 22.2 Å². The Morgan fingerprint density at radius 3 is 2.95 bits per heavy atom. The van der Waals surface area contributed by atoms with Crippen LogP contribution in [-0.2, 0) is 11.4 Å². The number of hydrogen-bond acceptors (Lipinski definition) is 5. The first-order valence-electron chi connectivity index (χ1n) is 5.55. The number of rotatable bonds is 4. The summed E-state index contributed by atoms with van der Waals surface area (Å²) < 4.78 is 1.75. The molecule has 0 aliphatic carbocycles. The second-order valence-electron chi connectivity index (χ2n) is 3.75. The number of carboxylic acid groups (broad SMARTS) is 1. The van der Waals surface area contributed by atoms with Gasteiger partial charge in [0, 0.05) is 12.7 Å². The molecule has 0 aliphatic heterocycles. The van der Waals surface area contributed by atoms with Crippen LogP contribution in [0.2, 0.25) is 0 Å². The number of aromatic nitrogens is 1. The molecule has 0 saturated heterocycles. The molecule has 0 spiro atoms. The van der Waals surface area contributed by atoms with Gasteiger partial charge in [0.2, 0.25) is 5.43 Å². The van der Waals surface area contributed by atoms with Crippen molar-refractivity contribution in [3.8, 4) is 0 Å². The number of carbonyl (C=O) groups is 1. The maximum Gasteiger partial charge on any atom is 0.341 e. The van der Waals surface area contributed by atoms with E-state index in [0.29, 0.717) is 11.9 Å². The average Bonchev–Trinajstić information content (AvgIpc) is 2.81. The number of thiophene rings is 1. The fourth-order valence-corrected chi connectivity index (χ4v) is 2.81. The van der Waals surface area contributed by atoms with Gasteiger partial charge in [0.1, 0.15) is 17.5 Å². The van der Waals surface area contributed by atoms with E-state index in [2.05, 4.69) is 9.99 Å². The Bertz CT molecular complexity index is 714. The number of hydrogen-bond donors (Lipinski definition) is 1. The van der Waals surface area contributed by atoms with E-state index in [9.17, 15) is 9.59 Å². The molecule has 0 bridgehead atoms. The number of oxime groups is 1. The molecule has 2 rings (SSSR count). The zero-order chi connectivity index (χ0) is 14.0. The zero-order valence-corrected chi connectivity index (χ0v) is 11.2. The maximum absolute atomic E-state index is 12.1. The predicted octanol–water partition coefficient (Wildman–Crippen LogP) is 1.76. The molecule has 100 valence electrons. The molecule has 19 heavy (non-hydrogen) atoms. The molecule has 0 aromatic carbocycles. The highest BCUT2D eigenvalue weighted by atomic mass is 32.1. The number of pyridine rings is 1. The van der Waals surface area contributed by atoms with Crippen LogP contribution in [0, 0.1) is 0 Å². The highest BCUT2D eigenvalue weighted by Crippen LogP contribution is 2.23. The van der Waals surface area contributed by atoms with Gasteiger partial charge in [-0.3, -0.25) is 4.79 Å². The van der Waals surface area contributed by atoms with Gasteiger partial charge in [0.05, 0.1) is 16.5 Å². The average molecular weight is 280 g/mol. The molecule has 0 aliphatic rings. The summed E-state index contributed by atoms with van der Waals surface area (Å²) in [6.45, 7) is 2.47. The summed E-state index contributed by atoms with van der Waals surface area (Å²) in [4.78, 5) is 29.2. The fraction of sp³-hybridized carbons (Fsp3) is 0.250. The van der Waals surface area contributed by atoms with Crippen molar-refractivity contribution >= 4 is 33.7 Å². The van der Waals surface area contributed by atoms with E-state index in [1.54, 1.807) is 10.6 Å². The molecular weight excluding hydrogens is 268 g/mol. The molecule has 1 N–H and O–H groups in total. The lowest BCUT2D eigenvalue weighted by Gasteiger charge is -2.05. The van der Waals surface area contributed by atoms with E-state index in [1.807, 2.05) is 6.92 Å². The Morgan fingerprint density at radius 2 is 2.37 bits per heavy atom. The first-order valence-corrected chi connectivity index (χ1v) is 6.37. The zero-order valence-electron chi connectivity index (χ0n) is 10.4. The number of aromatic carboxylic acids is 1. The number of aryl methyl sites for hydroxylation is 1. The lowest BCUT2D eigenvalue weighted by molar-refractivity contribution is 0.0695. The molecule has 2 aromatic rings. The molecule has 0 saturated carbocycles. The van der Waals surface area contributed by atoms with Crippen molar-refractivity contribution in [2.75, 3.05) is 7.11 Å². The minimum absolute atomic E-state index is 0.220. The Morgan fingerprint density at radius 1 is 1.63 bits per heavy atom. The fourth-order valence-electron chi connectivity index (χ4n) is 1.75. The van der Waals surface area contributed by atoms with Crippen molar-refractivity contribution in [3.05, 3.63) is 32.9 Å². The van der Waals surface area contributed by atoms with Gasteiger partial charge in [-0.2, -0.15) is 0 Å². The van der Waals surface area contributed by atoms with Gasteiger partial charge in [-0.15, -0.1) is 11.3 Å².